The Morgan fingerprint density at radius 3 is 2.04 bits per heavy atom. The molecule has 114 valence electrons. The Balaban J connectivity index is 2.52. The van der Waals surface area contributed by atoms with Gasteiger partial charge < -0.3 is 5.73 Å². The predicted molar refractivity (Wildman–Crippen MR) is 78.7 cm³/mol. The lowest BCUT2D eigenvalue weighted by atomic mass is 9.82. The molecule has 3 N–H and O–H groups in total. The van der Waals surface area contributed by atoms with E-state index in [1.54, 1.807) is 12.1 Å². The highest BCUT2D eigenvalue weighted by atomic mass is 32.2. The van der Waals surface area contributed by atoms with Crippen LogP contribution in [0, 0.1) is 11.3 Å². The number of ketones is 2. The monoisotopic (exact) mass is 328 g/mol. The van der Waals surface area contributed by atoms with Crippen LogP contribution in [0.15, 0.2) is 35.2 Å². The smallest absolute Gasteiger partial charge is 0.295 e. The minimum Gasteiger partial charge on any atom is -0.397 e. The molecule has 0 unspecified atom stereocenters. The summed E-state index contributed by atoms with van der Waals surface area (Å²) in [6.07, 6.45) is 0. The van der Waals surface area contributed by atoms with E-state index in [1.807, 2.05) is 0 Å². The molecule has 3 rings (SSSR count). The summed E-state index contributed by atoms with van der Waals surface area (Å²) in [5, 5.41) is 9.05. The largest absolute Gasteiger partial charge is 0.397 e. The average molecular weight is 328 g/mol. The number of nitrogens with zero attached hydrogens (tertiary/aromatic N) is 1. The van der Waals surface area contributed by atoms with Gasteiger partial charge in [-0.15, -0.1) is 0 Å². The molecular formula is C15H8N2O5S. The Labute approximate surface area is 130 Å². The summed E-state index contributed by atoms with van der Waals surface area (Å²) in [6.45, 7) is 0. The van der Waals surface area contributed by atoms with Crippen LogP contribution in [0.25, 0.3) is 0 Å². The number of rotatable bonds is 1. The highest BCUT2D eigenvalue weighted by molar-refractivity contribution is 7.86. The molecule has 0 spiro atoms. The van der Waals surface area contributed by atoms with Crippen molar-refractivity contribution in [1.82, 2.24) is 0 Å². The van der Waals surface area contributed by atoms with E-state index in [1.165, 1.54) is 18.2 Å². The third-order valence-corrected chi connectivity index (χ3v) is 4.48. The van der Waals surface area contributed by atoms with Crippen LogP contribution >= 0.6 is 0 Å². The van der Waals surface area contributed by atoms with E-state index >= 15 is 0 Å². The summed E-state index contributed by atoms with van der Waals surface area (Å²) >= 11 is 0. The molecule has 7 nitrogen and oxygen atoms in total. The Kier molecular flexibility index (Phi) is 3.07. The lowest BCUT2D eigenvalue weighted by Gasteiger charge is -2.21. The number of hydrogen-bond acceptors (Lipinski definition) is 6. The molecule has 0 saturated heterocycles. The second-order valence-electron chi connectivity index (χ2n) is 4.88. The van der Waals surface area contributed by atoms with Crippen LogP contribution in [0.1, 0.15) is 37.4 Å². The first-order valence-electron chi connectivity index (χ1n) is 6.30. The summed E-state index contributed by atoms with van der Waals surface area (Å²) in [4.78, 5) is 24.4. The molecule has 0 saturated carbocycles. The zero-order chi connectivity index (χ0) is 16.9. The Morgan fingerprint density at radius 1 is 1.04 bits per heavy atom. The molecule has 0 aliphatic heterocycles. The van der Waals surface area contributed by atoms with Crippen LogP contribution in [0.2, 0.25) is 0 Å². The van der Waals surface area contributed by atoms with Crippen molar-refractivity contribution >= 4 is 27.4 Å². The number of carbonyl (C=O) groups is 2. The summed E-state index contributed by atoms with van der Waals surface area (Å²) in [7, 11) is -4.83. The standard InChI is InChI=1S/C15H8N2O5S/c16-6-7-5-10(23(20,21)22)11-12(13(7)17)15(19)9-4-2-1-3-8(9)14(11)18/h1-5H,17H2,(H,20,21,22). The van der Waals surface area contributed by atoms with E-state index in [0.717, 1.165) is 6.07 Å². The quantitative estimate of drug-likeness (QED) is 0.505. The highest BCUT2D eigenvalue weighted by Crippen LogP contribution is 2.36. The second-order valence-corrected chi connectivity index (χ2v) is 6.27. The molecule has 2 aromatic carbocycles. The van der Waals surface area contributed by atoms with Crippen LogP contribution in [0.3, 0.4) is 0 Å². The maximum Gasteiger partial charge on any atom is 0.295 e. The molecule has 1 aliphatic rings. The van der Waals surface area contributed by atoms with E-state index < -0.39 is 32.1 Å². The third-order valence-electron chi connectivity index (χ3n) is 3.60. The van der Waals surface area contributed by atoms with Gasteiger partial charge >= 0.3 is 0 Å². The number of nitrogen functional groups attached to an aromatic ring is 1. The van der Waals surface area contributed by atoms with E-state index in [2.05, 4.69) is 0 Å². The van der Waals surface area contributed by atoms with Gasteiger partial charge in [0.15, 0.2) is 11.6 Å². The molecule has 2 aromatic rings. The molecule has 23 heavy (non-hydrogen) atoms. The molecule has 0 bridgehead atoms. The van der Waals surface area contributed by atoms with Crippen molar-refractivity contribution in [2.45, 2.75) is 4.90 Å². The molecule has 8 heteroatoms. The fourth-order valence-electron chi connectivity index (χ4n) is 2.58. The van der Waals surface area contributed by atoms with Crippen molar-refractivity contribution < 1.29 is 22.6 Å². The van der Waals surface area contributed by atoms with Crippen LogP contribution in [0.5, 0.6) is 0 Å². The maximum atomic E-state index is 12.6. The topological polar surface area (TPSA) is 138 Å². The number of benzene rings is 2. The van der Waals surface area contributed by atoms with Gasteiger partial charge in [-0.05, 0) is 6.07 Å². The van der Waals surface area contributed by atoms with Gasteiger partial charge in [0, 0.05) is 11.1 Å². The molecule has 0 amide bonds. The molecule has 0 radical (unpaired) electrons. The molecule has 0 heterocycles. The summed E-state index contributed by atoms with van der Waals surface area (Å²) in [5.74, 6) is -1.42. The van der Waals surface area contributed by atoms with E-state index in [0.29, 0.717) is 0 Å². The van der Waals surface area contributed by atoms with Gasteiger partial charge in [-0.25, -0.2) is 0 Å². The lowest BCUT2D eigenvalue weighted by molar-refractivity contribution is 0.0977. The van der Waals surface area contributed by atoms with E-state index in [-0.39, 0.29) is 27.9 Å². The fourth-order valence-corrected chi connectivity index (χ4v) is 3.30. The van der Waals surface area contributed by atoms with Gasteiger partial charge in [0.1, 0.15) is 11.0 Å². The molecule has 0 atom stereocenters. The highest BCUT2D eigenvalue weighted by Gasteiger charge is 2.37. The first-order valence-corrected chi connectivity index (χ1v) is 7.74. The Hall–Kier alpha value is -3.02. The first-order chi connectivity index (χ1) is 10.8. The van der Waals surface area contributed by atoms with Gasteiger partial charge in [-0.3, -0.25) is 14.1 Å². The number of hydrogen-bond donors (Lipinski definition) is 2. The summed E-state index contributed by atoms with van der Waals surface area (Å²) in [6, 6.07) is 8.30. The van der Waals surface area contributed by atoms with Crippen molar-refractivity contribution in [3.8, 4) is 6.07 Å². The van der Waals surface area contributed by atoms with Crippen molar-refractivity contribution in [2.75, 3.05) is 5.73 Å². The lowest BCUT2D eigenvalue weighted by Crippen LogP contribution is -2.25. The molecular weight excluding hydrogens is 320 g/mol. The van der Waals surface area contributed by atoms with E-state index in [9.17, 15) is 22.6 Å². The Morgan fingerprint density at radius 2 is 1.57 bits per heavy atom. The molecule has 1 aliphatic carbocycles. The van der Waals surface area contributed by atoms with Gasteiger partial charge in [0.05, 0.1) is 22.4 Å². The minimum atomic E-state index is -4.83. The van der Waals surface area contributed by atoms with Gasteiger partial charge in [-0.1, -0.05) is 24.3 Å². The third kappa shape index (κ3) is 2.03. The number of carbonyl (C=O) groups excluding carboxylic acids is 2. The van der Waals surface area contributed by atoms with E-state index in [4.69, 9.17) is 11.0 Å². The Bertz CT molecular complexity index is 1050. The number of nitrogens with two attached hydrogens (primary N) is 1. The zero-order valence-corrected chi connectivity index (χ0v) is 12.2. The zero-order valence-electron chi connectivity index (χ0n) is 11.4. The van der Waals surface area contributed by atoms with Crippen LogP contribution in [-0.2, 0) is 10.1 Å². The molecule has 0 aromatic heterocycles. The van der Waals surface area contributed by atoms with Gasteiger partial charge in [0.25, 0.3) is 10.1 Å². The maximum absolute atomic E-state index is 12.6. The van der Waals surface area contributed by atoms with Crippen molar-refractivity contribution in [1.29, 1.82) is 5.26 Å². The first kappa shape index (κ1) is 14.9. The van der Waals surface area contributed by atoms with Gasteiger partial charge in [0.2, 0.25) is 0 Å². The number of fused-ring (bicyclic) bond motifs is 2. The van der Waals surface area contributed by atoms with Crippen molar-refractivity contribution in [3.63, 3.8) is 0 Å². The van der Waals surface area contributed by atoms with Crippen molar-refractivity contribution in [2.24, 2.45) is 0 Å². The minimum absolute atomic E-state index is 0.0130. The normalized spacial score (nSPS) is 13.2. The van der Waals surface area contributed by atoms with Gasteiger partial charge in [-0.2, -0.15) is 13.7 Å². The number of anilines is 1. The summed E-state index contributed by atoms with van der Waals surface area (Å²) < 4.78 is 32.5. The predicted octanol–water partition coefficient (Wildman–Crippen LogP) is 1.16. The van der Waals surface area contributed by atoms with Crippen LogP contribution in [0.4, 0.5) is 5.69 Å². The summed E-state index contributed by atoms with van der Waals surface area (Å²) in [5.41, 5.74) is 4.36. The van der Waals surface area contributed by atoms with Crippen molar-refractivity contribution in [3.05, 3.63) is 58.1 Å². The SMILES string of the molecule is N#Cc1cc(S(=O)(=O)O)c2c(c1N)C(=O)c1ccccc1C2=O. The van der Waals surface area contributed by atoms with Crippen LogP contribution < -0.4 is 5.73 Å². The molecule has 0 fully saturated rings. The number of nitriles is 1. The van der Waals surface area contributed by atoms with Crippen LogP contribution in [-0.4, -0.2) is 24.5 Å². The average Bonchev–Trinajstić information content (AvgIpc) is 2.51. The second kappa shape index (κ2) is 4.74. The fraction of sp³-hybridized carbons (Fsp3) is 0.